The number of amides is 1. The number of anilines is 1. The van der Waals surface area contributed by atoms with Gasteiger partial charge in [-0.2, -0.15) is 0 Å². The quantitative estimate of drug-likeness (QED) is 0.481. The second kappa shape index (κ2) is 9.19. The third kappa shape index (κ3) is 4.41. The standard InChI is InChI=1S/C26H30N6O/c1-3-31-24-9-5-4-8-23(24)29-25(31)18-30-15-6-7-20(17-30)26(33)28-21-10-12-22(13-11-21)32-16-14-27-19(32)2/h4-5,8-14,16,20H,3,6-7,15,17-18H2,1-2H3,(H,28,33)/t20-/m1/s1. The largest absolute Gasteiger partial charge is 0.327 e. The van der Waals surface area contributed by atoms with Crippen molar-refractivity contribution in [2.45, 2.75) is 39.8 Å². The number of hydrogen-bond donors (Lipinski definition) is 1. The number of fused-ring (bicyclic) bond motifs is 1. The molecule has 1 aliphatic heterocycles. The molecule has 1 fully saturated rings. The number of imidazole rings is 2. The van der Waals surface area contributed by atoms with Gasteiger partial charge in [-0.05, 0) is 69.6 Å². The Labute approximate surface area is 194 Å². The Bertz CT molecular complexity index is 1260. The number of nitrogens with one attached hydrogen (secondary N) is 1. The highest BCUT2D eigenvalue weighted by Crippen LogP contribution is 2.23. The third-order valence-electron chi connectivity index (χ3n) is 6.53. The highest BCUT2D eigenvalue weighted by Gasteiger charge is 2.27. The van der Waals surface area contributed by atoms with E-state index in [1.807, 2.05) is 48.0 Å². The highest BCUT2D eigenvalue weighted by molar-refractivity contribution is 5.92. The van der Waals surface area contributed by atoms with Crippen LogP contribution in [0.2, 0.25) is 0 Å². The fourth-order valence-electron chi connectivity index (χ4n) is 4.81. The summed E-state index contributed by atoms with van der Waals surface area (Å²) in [5.74, 6) is 2.08. The summed E-state index contributed by atoms with van der Waals surface area (Å²) in [6.07, 6.45) is 5.66. The van der Waals surface area contributed by atoms with Gasteiger partial charge in [0.05, 0.1) is 23.5 Å². The predicted octanol–water partition coefficient (Wildman–Crippen LogP) is 4.40. The zero-order chi connectivity index (χ0) is 22.8. The minimum atomic E-state index is -0.0197. The smallest absolute Gasteiger partial charge is 0.228 e. The topological polar surface area (TPSA) is 68.0 Å². The zero-order valence-electron chi connectivity index (χ0n) is 19.2. The average Bonchev–Trinajstić information content (AvgIpc) is 3.42. The average molecular weight is 443 g/mol. The van der Waals surface area contributed by atoms with E-state index in [0.29, 0.717) is 0 Å². The molecule has 0 saturated carbocycles. The van der Waals surface area contributed by atoms with Crippen molar-refractivity contribution < 1.29 is 4.79 Å². The lowest BCUT2D eigenvalue weighted by Crippen LogP contribution is -2.40. The van der Waals surface area contributed by atoms with Gasteiger partial charge in [-0.15, -0.1) is 0 Å². The number of para-hydroxylation sites is 2. The molecule has 33 heavy (non-hydrogen) atoms. The van der Waals surface area contributed by atoms with E-state index in [2.05, 4.69) is 44.9 Å². The van der Waals surface area contributed by atoms with Gasteiger partial charge < -0.3 is 14.5 Å². The monoisotopic (exact) mass is 442 g/mol. The van der Waals surface area contributed by atoms with Crippen LogP contribution in [-0.4, -0.2) is 43.0 Å². The number of piperidine rings is 1. The van der Waals surface area contributed by atoms with E-state index in [4.69, 9.17) is 4.98 Å². The molecule has 2 aromatic heterocycles. The first-order chi connectivity index (χ1) is 16.1. The summed E-state index contributed by atoms with van der Waals surface area (Å²) in [5, 5.41) is 3.12. The SMILES string of the molecule is CCn1c(CN2CCC[C@@H](C(=O)Nc3ccc(-n4ccnc4C)cc3)C2)nc2ccccc21. The molecule has 0 bridgehead atoms. The molecule has 5 rings (SSSR count). The van der Waals surface area contributed by atoms with Crippen LogP contribution >= 0.6 is 0 Å². The summed E-state index contributed by atoms with van der Waals surface area (Å²) < 4.78 is 4.30. The molecule has 0 radical (unpaired) electrons. The number of aromatic nitrogens is 4. The maximum absolute atomic E-state index is 13.0. The van der Waals surface area contributed by atoms with Gasteiger partial charge in [0.25, 0.3) is 0 Å². The molecule has 0 spiro atoms. The van der Waals surface area contributed by atoms with Crippen LogP contribution in [0.5, 0.6) is 0 Å². The van der Waals surface area contributed by atoms with Crippen molar-refractivity contribution in [2.75, 3.05) is 18.4 Å². The van der Waals surface area contributed by atoms with Gasteiger partial charge >= 0.3 is 0 Å². The Balaban J connectivity index is 1.23. The molecule has 1 amide bonds. The minimum Gasteiger partial charge on any atom is -0.327 e. The van der Waals surface area contributed by atoms with Crippen molar-refractivity contribution in [3.63, 3.8) is 0 Å². The number of nitrogens with zero attached hydrogens (tertiary/aromatic N) is 5. The van der Waals surface area contributed by atoms with Gasteiger partial charge in [-0.25, -0.2) is 9.97 Å². The lowest BCUT2D eigenvalue weighted by atomic mass is 9.97. The summed E-state index contributed by atoms with van der Waals surface area (Å²) in [7, 11) is 0. The zero-order valence-corrected chi connectivity index (χ0v) is 19.2. The van der Waals surface area contributed by atoms with Crippen LogP contribution in [0.15, 0.2) is 60.9 Å². The van der Waals surface area contributed by atoms with E-state index in [-0.39, 0.29) is 11.8 Å². The number of carbonyl (C=O) groups excluding carboxylic acids is 1. The molecule has 1 saturated heterocycles. The van der Waals surface area contributed by atoms with E-state index >= 15 is 0 Å². The molecule has 4 aromatic rings. The first kappa shape index (κ1) is 21.4. The molecule has 1 N–H and O–H groups in total. The molecular weight excluding hydrogens is 412 g/mol. The van der Waals surface area contributed by atoms with Crippen LogP contribution < -0.4 is 5.32 Å². The van der Waals surface area contributed by atoms with Gasteiger partial charge in [-0.3, -0.25) is 9.69 Å². The van der Waals surface area contributed by atoms with E-state index in [0.717, 1.165) is 67.6 Å². The number of hydrogen-bond acceptors (Lipinski definition) is 4. The van der Waals surface area contributed by atoms with Crippen LogP contribution in [0, 0.1) is 12.8 Å². The molecule has 7 nitrogen and oxygen atoms in total. The van der Waals surface area contributed by atoms with Gasteiger partial charge in [0.15, 0.2) is 0 Å². The normalized spacial score (nSPS) is 16.8. The fourth-order valence-corrected chi connectivity index (χ4v) is 4.81. The van der Waals surface area contributed by atoms with Crippen LogP contribution in [0.3, 0.4) is 0 Å². The number of carbonyl (C=O) groups is 1. The van der Waals surface area contributed by atoms with Crippen LogP contribution in [0.1, 0.15) is 31.4 Å². The molecule has 0 unspecified atom stereocenters. The Morgan fingerprint density at radius 2 is 1.97 bits per heavy atom. The van der Waals surface area contributed by atoms with Crippen molar-refractivity contribution in [1.29, 1.82) is 0 Å². The van der Waals surface area contributed by atoms with Crippen molar-refractivity contribution in [1.82, 2.24) is 24.0 Å². The Hall–Kier alpha value is -3.45. The molecule has 7 heteroatoms. The van der Waals surface area contributed by atoms with E-state index in [1.54, 1.807) is 6.20 Å². The number of likely N-dealkylation sites (tertiary alicyclic amines) is 1. The van der Waals surface area contributed by atoms with E-state index in [1.165, 1.54) is 5.52 Å². The van der Waals surface area contributed by atoms with Crippen LogP contribution in [-0.2, 0) is 17.9 Å². The lowest BCUT2D eigenvalue weighted by Gasteiger charge is -2.31. The van der Waals surface area contributed by atoms with Gasteiger partial charge in [0.1, 0.15) is 11.6 Å². The Morgan fingerprint density at radius 3 is 2.73 bits per heavy atom. The number of benzene rings is 2. The molecule has 1 atom stereocenters. The fraction of sp³-hybridized carbons (Fsp3) is 0.346. The van der Waals surface area contributed by atoms with Crippen molar-refractivity contribution in [2.24, 2.45) is 5.92 Å². The molecular formula is C26H30N6O. The molecule has 1 aliphatic rings. The summed E-state index contributed by atoms with van der Waals surface area (Å²) in [6, 6.07) is 16.2. The van der Waals surface area contributed by atoms with E-state index < -0.39 is 0 Å². The maximum atomic E-state index is 13.0. The molecule has 3 heterocycles. The summed E-state index contributed by atoms with van der Waals surface area (Å²) in [6.45, 7) is 7.54. The third-order valence-corrected chi connectivity index (χ3v) is 6.53. The second-order valence-corrected chi connectivity index (χ2v) is 8.72. The predicted molar refractivity (Wildman–Crippen MR) is 130 cm³/mol. The molecule has 0 aliphatic carbocycles. The molecule has 170 valence electrons. The summed E-state index contributed by atoms with van der Waals surface area (Å²) >= 11 is 0. The van der Waals surface area contributed by atoms with E-state index in [9.17, 15) is 4.79 Å². The summed E-state index contributed by atoms with van der Waals surface area (Å²) in [4.78, 5) is 24.5. The molecule has 2 aromatic carbocycles. The number of rotatable bonds is 6. The Morgan fingerprint density at radius 1 is 1.15 bits per heavy atom. The van der Waals surface area contributed by atoms with Gasteiger partial charge in [-0.1, -0.05) is 12.1 Å². The van der Waals surface area contributed by atoms with Crippen molar-refractivity contribution in [3.8, 4) is 5.69 Å². The highest BCUT2D eigenvalue weighted by atomic mass is 16.1. The second-order valence-electron chi connectivity index (χ2n) is 8.72. The van der Waals surface area contributed by atoms with Crippen LogP contribution in [0.25, 0.3) is 16.7 Å². The first-order valence-electron chi connectivity index (χ1n) is 11.7. The Kier molecular flexibility index (Phi) is 5.96. The lowest BCUT2D eigenvalue weighted by molar-refractivity contribution is -0.121. The van der Waals surface area contributed by atoms with Gasteiger partial charge in [0.2, 0.25) is 5.91 Å². The van der Waals surface area contributed by atoms with Crippen LogP contribution in [0.4, 0.5) is 5.69 Å². The van der Waals surface area contributed by atoms with Gasteiger partial charge in [0, 0.05) is 36.9 Å². The first-order valence-corrected chi connectivity index (χ1v) is 11.7. The van der Waals surface area contributed by atoms with Crippen molar-refractivity contribution >= 4 is 22.6 Å². The minimum absolute atomic E-state index is 0.0197. The maximum Gasteiger partial charge on any atom is 0.228 e. The number of aryl methyl sites for hydroxylation is 2. The van der Waals surface area contributed by atoms with Crippen molar-refractivity contribution in [3.05, 3.63) is 72.6 Å². The summed E-state index contributed by atoms with van der Waals surface area (Å²) in [5.41, 5.74) is 4.07.